The second kappa shape index (κ2) is 4.45. The van der Waals surface area contributed by atoms with Gasteiger partial charge in [-0.3, -0.25) is 4.79 Å². The number of H-pyrrole nitrogens is 1. The van der Waals surface area contributed by atoms with Crippen molar-refractivity contribution in [3.8, 4) is 0 Å². The molecular formula is C10H12N6OS. The molecule has 2 heterocycles. The topological polar surface area (TPSA) is 96.5 Å². The van der Waals surface area contributed by atoms with Gasteiger partial charge in [0, 0.05) is 11.6 Å². The number of aromatic nitrogens is 5. The maximum Gasteiger partial charge on any atom is 0.240 e. The second-order valence-corrected chi connectivity index (χ2v) is 5.21. The summed E-state index contributed by atoms with van der Waals surface area (Å²) in [5.41, 5.74) is -0.654. The fraction of sp³-hybridized carbons (Fsp3) is 0.500. The molecule has 94 valence electrons. The van der Waals surface area contributed by atoms with Crippen LogP contribution in [0.25, 0.3) is 0 Å². The van der Waals surface area contributed by atoms with Gasteiger partial charge in [-0.1, -0.05) is 18.1 Å². The summed E-state index contributed by atoms with van der Waals surface area (Å²) in [5.74, 6) is 0.394. The second-order valence-electron chi connectivity index (χ2n) is 4.32. The van der Waals surface area contributed by atoms with Gasteiger partial charge in [-0.2, -0.15) is 5.21 Å². The molecule has 0 atom stereocenters. The van der Waals surface area contributed by atoms with E-state index in [1.165, 1.54) is 11.3 Å². The Morgan fingerprint density at radius 2 is 2.28 bits per heavy atom. The van der Waals surface area contributed by atoms with Gasteiger partial charge in [-0.25, -0.2) is 4.98 Å². The fourth-order valence-corrected chi connectivity index (χ4v) is 2.92. The maximum absolute atomic E-state index is 12.5. The molecule has 1 amide bonds. The van der Waals surface area contributed by atoms with Crippen LogP contribution in [0.4, 0.5) is 5.13 Å². The number of hydrogen-bond donors (Lipinski definition) is 2. The molecule has 1 fully saturated rings. The first-order valence-electron chi connectivity index (χ1n) is 5.76. The lowest BCUT2D eigenvalue weighted by Gasteiger charge is -2.22. The molecule has 0 unspecified atom stereocenters. The predicted molar refractivity (Wildman–Crippen MR) is 65.1 cm³/mol. The van der Waals surface area contributed by atoms with Crippen LogP contribution in [-0.2, 0) is 10.2 Å². The molecule has 0 aliphatic heterocycles. The third-order valence-corrected chi connectivity index (χ3v) is 4.01. The summed E-state index contributed by atoms with van der Waals surface area (Å²) in [6.45, 7) is 0. The van der Waals surface area contributed by atoms with E-state index in [1.807, 2.05) is 5.38 Å². The van der Waals surface area contributed by atoms with Gasteiger partial charge in [0.15, 0.2) is 11.0 Å². The van der Waals surface area contributed by atoms with Crippen molar-refractivity contribution in [1.29, 1.82) is 0 Å². The van der Waals surface area contributed by atoms with Gasteiger partial charge < -0.3 is 5.32 Å². The van der Waals surface area contributed by atoms with Crippen LogP contribution in [0.2, 0.25) is 0 Å². The monoisotopic (exact) mass is 264 g/mol. The Balaban J connectivity index is 1.88. The van der Waals surface area contributed by atoms with Crippen LogP contribution in [0.5, 0.6) is 0 Å². The molecule has 3 rings (SSSR count). The van der Waals surface area contributed by atoms with Crippen molar-refractivity contribution in [1.82, 2.24) is 25.6 Å². The molecule has 2 aromatic rings. The Bertz CT molecular complexity index is 517. The SMILES string of the molecule is O=C(Nc1nccs1)C1(c2nn[nH]n2)CCCC1. The molecule has 1 aliphatic carbocycles. The lowest BCUT2D eigenvalue weighted by molar-refractivity contribution is -0.121. The number of carbonyl (C=O) groups excluding carboxylic acids is 1. The molecule has 18 heavy (non-hydrogen) atoms. The highest BCUT2D eigenvalue weighted by Gasteiger charge is 2.46. The van der Waals surface area contributed by atoms with E-state index in [4.69, 9.17) is 0 Å². The van der Waals surface area contributed by atoms with E-state index in [0.717, 1.165) is 25.7 Å². The van der Waals surface area contributed by atoms with Crippen molar-refractivity contribution >= 4 is 22.4 Å². The summed E-state index contributed by atoms with van der Waals surface area (Å²) in [7, 11) is 0. The van der Waals surface area contributed by atoms with Crippen molar-refractivity contribution < 1.29 is 4.79 Å². The quantitative estimate of drug-likeness (QED) is 0.865. The number of hydrogen-bond acceptors (Lipinski definition) is 6. The van der Waals surface area contributed by atoms with E-state index in [0.29, 0.717) is 11.0 Å². The summed E-state index contributed by atoms with van der Waals surface area (Å²) in [4.78, 5) is 16.5. The zero-order valence-corrected chi connectivity index (χ0v) is 10.4. The Hall–Kier alpha value is -1.83. The Morgan fingerprint density at radius 3 is 2.89 bits per heavy atom. The largest absolute Gasteiger partial charge is 0.301 e. The number of amides is 1. The van der Waals surface area contributed by atoms with Crippen molar-refractivity contribution in [2.24, 2.45) is 0 Å². The van der Waals surface area contributed by atoms with E-state index in [1.54, 1.807) is 6.20 Å². The summed E-state index contributed by atoms with van der Waals surface area (Å²) in [6, 6.07) is 0. The maximum atomic E-state index is 12.5. The predicted octanol–water partition coefficient (Wildman–Crippen LogP) is 1.11. The highest BCUT2D eigenvalue weighted by molar-refractivity contribution is 7.13. The van der Waals surface area contributed by atoms with E-state index >= 15 is 0 Å². The average Bonchev–Trinajstić information content (AvgIpc) is 3.12. The van der Waals surface area contributed by atoms with E-state index in [-0.39, 0.29) is 5.91 Å². The van der Waals surface area contributed by atoms with Crippen LogP contribution in [0, 0.1) is 0 Å². The van der Waals surface area contributed by atoms with Crippen LogP contribution < -0.4 is 5.32 Å². The molecule has 0 bridgehead atoms. The molecule has 0 radical (unpaired) electrons. The lowest BCUT2D eigenvalue weighted by Crippen LogP contribution is -2.39. The summed E-state index contributed by atoms with van der Waals surface area (Å²) < 4.78 is 0. The van der Waals surface area contributed by atoms with Crippen LogP contribution >= 0.6 is 11.3 Å². The molecular weight excluding hydrogens is 252 g/mol. The van der Waals surface area contributed by atoms with Gasteiger partial charge in [-0.05, 0) is 12.8 Å². The number of carbonyl (C=O) groups is 1. The zero-order valence-electron chi connectivity index (χ0n) is 9.59. The standard InChI is InChI=1S/C10H12N6OS/c17-8(12-9-11-5-6-18-9)10(3-1-2-4-10)7-13-15-16-14-7/h5-6H,1-4H2,(H,11,12,17)(H,13,14,15,16). The number of nitrogens with zero attached hydrogens (tertiary/aromatic N) is 4. The number of thiazole rings is 1. The normalized spacial score (nSPS) is 17.8. The summed E-state index contributed by atoms with van der Waals surface area (Å²) in [5, 5.41) is 19.2. The van der Waals surface area contributed by atoms with E-state index in [2.05, 4.69) is 30.9 Å². The lowest BCUT2D eigenvalue weighted by atomic mass is 9.84. The molecule has 2 N–H and O–H groups in total. The van der Waals surface area contributed by atoms with Crippen LogP contribution in [-0.4, -0.2) is 31.5 Å². The van der Waals surface area contributed by atoms with Gasteiger partial charge in [0.25, 0.3) is 0 Å². The van der Waals surface area contributed by atoms with Crippen molar-refractivity contribution in [3.63, 3.8) is 0 Å². The molecule has 1 saturated carbocycles. The van der Waals surface area contributed by atoms with Gasteiger partial charge in [0.2, 0.25) is 5.91 Å². The average molecular weight is 264 g/mol. The molecule has 0 saturated heterocycles. The van der Waals surface area contributed by atoms with Crippen LogP contribution in [0.1, 0.15) is 31.5 Å². The number of aromatic amines is 1. The van der Waals surface area contributed by atoms with Crippen molar-refractivity contribution in [3.05, 3.63) is 17.4 Å². The number of tetrazole rings is 1. The van der Waals surface area contributed by atoms with Gasteiger partial charge in [0.1, 0.15) is 5.41 Å². The molecule has 1 aliphatic rings. The molecule has 8 heteroatoms. The Morgan fingerprint density at radius 1 is 1.44 bits per heavy atom. The zero-order chi connectivity index (χ0) is 12.4. The van der Waals surface area contributed by atoms with Gasteiger partial charge in [0.05, 0.1) is 0 Å². The Kier molecular flexibility index (Phi) is 2.78. The third kappa shape index (κ3) is 1.78. The summed E-state index contributed by atoms with van der Waals surface area (Å²) >= 11 is 1.40. The van der Waals surface area contributed by atoms with Crippen molar-refractivity contribution in [2.75, 3.05) is 5.32 Å². The van der Waals surface area contributed by atoms with E-state index < -0.39 is 5.41 Å². The minimum absolute atomic E-state index is 0.0867. The molecule has 0 aromatic carbocycles. The first kappa shape index (κ1) is 11.3. The van der Waals surface area contributed by atoms with E-state index in [9.17, 15) is 4.79 Å². The minimum atomic E-state index is -0.654. The van der Waals surface area contributed by atoms with Gasteiger partial charge in [-0.15, -0.1) is 21.5 Å². The van der Waals surface area contributed by atoms with Crippen LogP contribution in [0.15, 0.2) is 11.6 Å². The minimum Gasteiger partial charge on any atom is -0.301 e. The number of rotatable bonds is 3. The third-order valence-electron chi connectivity index (χ3n) is 3.32. The Labute approximate surface area is 107 Å². The van der Waals surface area contributed by atoms with Crippen LogP contribution in [0.3, 0.4) is 0 Å². The molecule has 2 aromatic heterocycles. The van der Waals surface area contributed by atoms with Crippen molar-refractivity contribution in [2.45, 2.75) is 31.1 Å². The molecule has 0 spiro atoms. The first-order valence-corrected chi connectivity index (χ1v) is 6.64. The highest BCUT2D eigenvalue weighted by atomic mass is 32.1. The van der Waals surface area contributed by atoms with Gasteiger partial charge >= 0.3 is 0 Å². The fourth-order valence-electron chi connectivity index (χ4n) is 2.40. The number of anilines is 1. The smallest absolute Gasteiger partial charge is 0.240 e. The summed E-state index contributed by atoms with van der Waals surface area (Å²) in [6.07, 6.45) is 5.17. The number of nitrogens with one attached hydrogen (secondary N) is 2. The highest BCUT2D eigenvalue weighted by Crippen LogP contribution is 2.40. The first-order chi connectivity index (χ1) is 8.81. The molecule has 7 nitrogen and oxygen atoms in total.